The summed E-state index contributed by atoms with van der Waals surface area (Å²) in [6, 6.07) is 7.11. The van der Waals surface area contributed by atoms with Gasteiger partial charge in [0.15, 0.2) is 5.16 Å². The van der Waals surface area contributed by atoms with Crippen LogP contribution in [-0.4, -0.2) is 59.6 Å². The molecule has 1 heterocycles. The largest absolute Gasteiger partial charge is 0.495 e. The summed E-state index contributed by atoms with van der Waals surface area (Å²) in [5.74, 6) is 0.187. The Bertz CT molecular complexity index is 796. The second-order valence-corrected chi connectivity index (χ2v) is 6.60. The Labute approximate surface area is 167 Å². The molecule has 0 saturated carbocycles. The minimum atomic E-state index is -0.258. The average molecular weight is 408 g/mol. The number of anilines is 1. The van der Waals surface area contributed by atoms with E-state index in [1.54, 1.807) is 29.9 Å². The summed E-state index contributed by atoms with van der Waals surface area (Å²) in [4.78, 5) is 28.5. The number of benzene rings is 1. The van der Waals surface area contributed by atoms with Crippen LogP contribution in [0.15, 0.2) is 35.6 Å². The number of nitrogens with zero attached hydrogens (tertiary/aromatic N) is 2. The molecular weight excluding hydrogens is 384 g/mol. The molecule has 3 N–H and O–H groups in total. The molecule has 1 aromatic carbocycles. The van der Waals surface area contributed by atoms with Gasteiger partial charge in [0, 0.05) is 13.7 Å². The Morgan fingerprint density at radius 3 is 2.75 bits per heavy atom. The quantitative estimate of drug-likeness (QED) is 0.373. The first-order valence-corrected chi connectivity index (χ1v) is 9.54. The monoisotopic (exact) mass is 408 g/mol. The van der Waals surface area contributed by atoms with Crippen LogP contribution in [0.3, 0.4) is 0 Å². The van der Waals surface area contributed by atoms with Crippen LogP contribution in [0.2, 0.25) is 0 Å². The number of amides is 2. The predicted molar refractivity (Wildman–Crippen MR) is 105 cm³/mol. The van der Waals surface area contributed by atoms with Crippen molar-refractivity contribution in [3.05, 3.63) is 36.2 Å². The summed E-state index contributed by atoms with van der Waals surface area (Å²) in [6.45, 7) is 0.540. The molecule has 2 rings (SSSR count). The Morgan fingerprint density at radius 2 is 2.04 bits per heavy atom. The standard InChI is InChI=1S/C18H24N4O5S/c1-26-8-7-19-16(24)10-22-13(11-23)9-20-18(22)28-12-17(25)21-14-5-3-4-6-15(14)27-2/h3-6,9,23H,7-8,10-12H2,1-2H3,(H,19,24)(H,21,25). The smallest absolute Gasteiger partial charge is 0.240 e. The summed E-state index contributed by atoms with van der Waals surface area (Å²) in [5, 5.41) is 15.4. The van der Waals surface area contributed by atoms with Gasteiger partial charge in [0.05, 0.1) is 43.7 Å². The maximum Gasteiger partial charge on any atom is 0.240 e. The molecule has 0 bridgehead atoms. The third kappa shape index (κ3) is 6.25. The highest BCUT2D eigenvalue weighted by atomic mass is 32.2. The van der Waals surface area contributed by atoms with E-state index in [-0.39, 0.29) is 30.7 Å². The fourth-order valence-electron chi connectivity index (χ4n) is 2.36. The second kappa shape index (κ2) is 11.3. The van der Waals surface area contributed by atoms with E-state index in [0.717, 1.165) is 0 Å². The number of carbonyl (C=O) groups is 2. The molecule has 0 unspecified atom stereocenters. The van der Waals surface area contributed by atoms with Crippen molar-refractivity contribution in [1.29, 1.82) is 0 Å². The summed E-state index contributed by atoms with van der Waals surface area (Å²) in [5.41, 5.74) is 1.07. The van der Waals surface area contributed by atoms with E-state index < -0.39 is 0 Å². The van der Waals surface area contributed by atoms with Crippen LogP contribution in [-0.2, 0) is 27.5 Å². The first kappa shape index (κ1) is 21.7. The van der Waals surface area contributed by atoms with Gasteiger partial charge >= 0.3 is 0 Å². The molecule has 2 amide bonds. The molecule has 0 atom stereocenters. The highest BCUT2D eigenvalue weighted by Crippen LogP contribution is 2.24. The number of methoxy groups -OCH3 is 2. The summed E-state index contributed by atoms with van der Waals surface area (Å²) in [7, 11) is 3.08. The van der Waals surface area contributed by atoms with Crippen LogP contribution in [0.4, 0.5) is 5.69 Å². The van der Waals surface area contributed by atoms with Crippen LogP contribution in [0.25, 0.3) is 0 Å². The average Bonchev–Trinajstić information content (AvgIpc) is 3.08. The van der Waals surface area contributed by atoms with E-state index in [0.29, 0.717) is 35.4 Å². The van der Waals surface area contributed by atoms with Gasteiger partial charge in [0.2, 0.25) is 11.8 Å². The zero-order chi connectivity index (χ0) is 20.4. The van der Waals surface area contributed by atoms with Crippen molar-refractivity contribution in [2.75, 3.05) is 38.4 Å². The van der Waals surface area contributed by atoms with E-state index in [1.165, 1.54) is 25.1 Å². The Hall–Kier alpha value is -2.56. The molecule has 0 aliphatic heterocycles. The first-order chi connectivity index (χ1) is 13.6. The van der Waals surface area contributed by atoms with Crippen molar-refractivity contribution in [3.8, 4) is 5.75 Å². The van der Waals surface area contributed by atoms with Crippen LogP contribution in [0, 0.1) is 0 Å². The van der Waals surface area contributed by atoms with Gasteiger partial charge in [-0.15, -0.1) is 0 Å². The number of para-hydroxylation sites is 2. The molecule has 0 saturated heterocycles. The fourth-order valence-corrected chi connectivity index (χ4v) is 3.16. The number of aromatic nitrogens is 2. The zero-order valence-corrected chi connectivity index (χ0v) is 16.6. The molecule has 2 aromatic rings. The fraction of sp³-hybridized carbons (Fsp3) is 0.389. The van der Waals surface area contributed by atoms with E-state index in [2.05, 4.69) is 15.6 Å². The minimum Gasteiger partial charge on any atom is -0.495 e. The number of nitrogens with one attached hydrogen (secondary N) is 2. The lowest BCUT2D eigenvalue weighted by molar-refractivity contribution is -0.122. The third-order valence-corrected chi connectivity index (χ3v) is 4.70. The number of carbonyl (C=O) groups excluding carboxylic acids is 2. The summed E-state index contributed by atoms with van der Waals surface area (Å²) >= 11 is 1.18. The Kier molecular flexibility index (Phi) is 8.79. The molecule has 0 spiro atoms. The second-order valence-electron chi connectivity index (χ2n) is 5.66. The Balaban J connectivity index is 1.97. The van der Waals surface area contributed by atoms with E-state index in [9.17, 15) is 14.7 Å². The molecule has 10 heteroatoms. The van der Waals surface area contributed by atoms with Gasteiger partial charge in [-0.25, -0.2) is 4.98 Å². The molecule has 0 aliphatic carbocycles. The van der Waals surface area contributed by atoms with Crippen molar-refractivity contribution in [2.24, 2.45) is 0 Å². The number of hydrogen-bond acceptors (Lipinski definition) is 7. The van der Waals surface area contributed by atoms with Gasteiger partial charge in [0.25, 0.3) is 0 Å². The molecule has 0 aliphatic rings. The number of thioether (sulfide) groups is 1. The summed E-state index contributed by atoms with van der Waals surface area (Å²) in [6.07, 6.45) is 1.49. The topological polar surface area (TPSA) is 115 Å². The maximum atomic E-state index is 12.3. The van der Waals surface area contributed by atoms with Crippen molar-refractivity contribution < 1.29 is 24.2 Å². The van der Waals surface area contributed by atoms with Crippen molar-refractivity contribution in [3.63, 3.8) is 0 Å². The minimum absolute atomic E-state index is 0.00390. The number of hydrogen-bond donors (Lipinski definition) is 3. The molecule has 0 radical (unpaired) electrons. The molecule has 9 nitrogen and oxygen atoms in total. The van der Waals surface area contributed by atoms with E-state index >= 15 is 0 Å². The van der Waals surface area contributed by atoms with Gasteiger partial charge in [-0.05, 0) is 12.1 Å². The van der Waals surface area contributed by atoms with Crippen LogP contribution >= 0.6 is 11.8 Å². The molecule has 28 heavy (non-hydrogen) atoms. The van der Waals surface area contributed by atoms with E-state index in [4.69, 9.17) is 9.47 Å². The molecular formula is C18H24N4O5S. The molecule has 1 aromatic heterocycles. The van der Waals surface area contributed by atoms with E-state index in [1.807, 2.05) is 6.07 Å². The lowest BCUT2D eigenvalue weighted by atomic mass is 10.3. The van der Waals surface area contributed by atoms with Gasteiger partial charge in [0.1, 0.15) is 12.3 Å². The van der Waals surface area contributed by atoms with Gasteiger partial charge in [-0.1, -0.05) is 23.9 Å². The lowest BCUT2D eigenvalue weighted by Gasteiger charge is -2.12. The third-order valence-electron chi connectivity index (χ3n) is 3.71. The highest BCUT2D eigenvalue weighted by Gasteiger charge is 2.15. The van der Waals surface area contributed by atoms with Gasteiger partial charge in [-0.3, -0.25) is 9.59 Å². The van der Waals surface area contributed by atoms with Crippen molar-refractivity contribution >= 4 is 29.3 Å². The zero-order valence-electron chi connectivity index (χ0n) is 15.8. The van der Waals surface area contributed by atoms with Gasteiger partial charge < -0.3 is 29.8 Å². The predicted octanol–water partition coefficient (Wildman–Crippen LogP) is 0.877. The number of rotatable bonds is 11. The van der Waals surface area contributed by atoms with Crippen molar-refractivity contribution in [1.82, 2.24) is 14.9 Å². The van der Waals surface area contributed by atoms with Crippen LogP contribution < -0.4 is 15.4 Å². The first-order valence-electron chi connectivity index (χ1n) is 8.55. The van der Waals surface area contributed by atoms with Crippen LogP contribution in [0.1, 0.15) is 5.69 Å². The van der Waals surface area contributed by atoms with Crippen LogP contribution in [0.5, 0.6) is 5.75 Å². The summed E-state index contributed by atoms with van der Waals surface area (Å²) < 4.78 is 11.7. The SMILES string of the molecule is COCCNC(=O)Cn1c(CO)cnc1SCC(=O)Nc1ccccc1OC. The number of ether oxygens (including phenoxy) is 2. The molecule has 0 fully saturated rings. The highest BCUT2D eigenvalue weighted by molar-refractivity contribution is 7.99. The lowest BCUT2D eigenvalue weighted by Crippen LogP contribution is -2.31. The number of imidazole rings is 1. The van der Waals surface area contributed by atoms with Gasteiger partial charge in [-0.2, -0.15) is 0 Å². The normalized spacial score (nSPS) is 10.5. The number of aliphatic hydroxyl groups is 1. The Morgan fingerprint density at radius 1 is 1.25 bits per heavy atom. The maximum absolute atomic E-state index is 12.3. The van der Waals surface area contributed by atoms with Crippen molar-refractivity contribution in [2.45, 2.75) is 18.3 Å². The number of aliphatic hydroxyl groups excluding tert-OH is 1. The molecule has 152 valence electrons.